The minimum absolute atomic E-state index is 0. The molecule has 0 spiro atoms. The molecule has 1 unspecified atom stereocenters. The van der Waals surface area contributed by atoms with Crippen molar-refractivity contribution in [1.82, 2.24) is 0 Å². The van der Waals surface area contributed by atoms with E-state index in [0.717, 1.165) is 19.3 Å². The molecule has 0 heterocycles. The number of phosphoric ester groups is 1. The average molecular weight is 308 g/mol. The normalized spacial score (nSPS) is 13.8. The van der Waals surface area contributed by atoms with E-state index in [1.54, 1.807) is 0 Å². The molecule has 110 valence electrons. The van der Waals surface area contributed by atoms with E-state index in [1.165, 1.54) is 19.3 Å². The zero-order valence-electron chi connectivity index (χ0n) is 12.1. The SMILES string of the molecule is CCCCCCCCOP(=O)([O-])OCCOCC.[Al+3]. The number of ether oxygens (including phenoxy) is 1. The van der Waals surface area contributed by atoms with Crippen LogP contribution in [0.5, 0.6) is 0 Å². The first kappa shape index (κ1) is 21.9. The van der Waals surface area contributed by atoms with Crippen molar-refractivity contribution in [2.45, 2.75) is 52.4 Å². The van der Waals surface area contributed by atoms with Crippen LogP contribution < -0.4 is 4.89 Å². The molecule has 0 bridgehead atoms. The van der Waals surface area contributed by atoms with Gasteiger partial charge >= 0.3 is 17.4 Å². The van der Waals surface area contributed by atoms with Crippen molar-refractivity contribution in [3.8, 4) is 0 Å². The minimum Gasteiger partial charge on any atom is -0.756 e. The molecule has 19 heavy (non-hydrogen) atoms. The van der Waals surface area contributed by atoms with Gasteiger partial charge in [-0.3, -0.25) is 4.57 Å². The van der Waals surface area contributed by atoms with Gasteiger partial charge in [-0.05, 0) is 13.3 Å². The maximum atomic E-state index is 11.3. The quantitative estimate of drug-likeness (QED) is 0.297. The van der Waals surface area contributed by atoms with Crippen molar-refractivity contribution < 1.29 is 23.2 Å². The molecule has 0 rings (SSSR count). The molecular formula is C12H26AlO5P+2. The zero-order valence-corrected chi connectivity index (χ0v) is 14.2. The van der Waals surface area contributed by atoms with Crippen molar-refractivity contribution >= 4 is 25.2 Å². The summed E-state index contributed by atoms with van der Waals surface area (Å²) in [6.07, 6.45) is 6.53. The molecule has 1 atom stereocenters. The van der Waals surface area contributed by atoms with Crippen LogP contribution >= 0.6 is 7.82 Å². The maximum absolute atomic E-state index is 11.3. The van der Waals surface area contributed by atoms with E-state index >= 15 is 0 Å². The van der Waals surface area contributed by atoms with Crippen LogP contribution in [0, 0.1) is 0 Å². The topological polar surface area (TPSA) is 67.8 Å². The second-order valence-electron chi connectivity index (χ2n) is 4.08. The predicted molar refractivity (Wildman–Crippen MR) is 75.1 cm³/mol. The molecule has 0 aliphatic rings. The van der Waals surface area contributed by atoms with E-state index in [-0.39, 0.29) is 37.2 Å². The van der Waals surface area contributed by atoms with E-state index in [9.17, 15) is 9.46 Å². The van der Waals surface area contributed by atoms with Gasteiger partial charge < -0.3 is 18.7 Å². The van der Waals surface area contributed by atoms with Crippen molar-refractivity contribution in [3.05, 3.63) is 0 Å². The van der Waals surface area contributed by atoms with Crippen LogP contribution in [0.3, 0.4) is 0 Å². The third-order valence-electron chi connectivity index (χ3n) is 2.43. The van der Waals surface area contributed by atoms with E-state index < -0.39 is 7.82 Å². The summed E-state index contributed by atoms with van der Waals surface area (Å²) >= 11 is 0. The Morgan fingerprint density at radius 1 is 0.895 bits per heavy atom. The molecule has 0 aromatic rings. The Bertz CT molecular complexity index is 228. The Balaban J connectivity index is 0. The molecule has 0 saturated carbocycles. The summed E-state index contributed by atoms with van der Waals surface area (Å²) < 4.78 is 25.6. The molecule has 0 saturated heterocycles. The van der Waals surface area contributed by atoms with Gasteiger partial charge in [0, 0.05) is 6.61 Å². The number of unbranched alkanes of at least 4 members (excludes halogenated alkanes) is 5. The van der Waals surface area contributed by atoms with Gasteiger partial charge in [0.15, 0.2) is 0 Å². The molecule has 5 nitrogen and oxygen atoms in total. The molecule has 0 amide bonds. The number of hydrogen-bond acceptors (Lipinski definition) is 5. The summed E-state index contributed by atoms with van der Waals surface area (Å²) in [4.78, 5) is 11.3. The van der Waals surface area contributed by atoms with Gasteiger partial charge in [0.2, 0.25) is 0 Å². The molecule has 0 aliphatic heterocycles. The third-order valence-corrected chi connectivity index (χ3v) is 3.43. The Morgan fingerprint density at radius 2 is 1.47 bits per heavy atom. The zero-order chi connectivity index (χ0) is 13.7. The Kier molecular flexibility index (Phi) is 17.3. The summed E-state index contributed by atoms with van der Waals surface area (Å²) in [5.41, 5.74) is 0. The summed E-state index contributed by atoms with van der Waals surface area (Å²) in [6.45, 7) is 5.04. The van der Waals surface area contributed by atoms with Crippen LogP contribution in [0.25, 0.3) is 0 Å². The molecule has 0 aromatic carbocycles. The number of rotatable bonds is 13. The largest absolute Gasteiger partial charge is 3.00 e. The van der Waals surface area contributed by atoms with E-state index in [2.05, 4.69) is 11.4 Å². The second kappa shape index (κ2) is 15.0. The fraction of sp³-hybridized carbons (Fsp3) is 1.00. The summed E-state index contributed by atoms with van der Waals surface area (Å²) in [7, 11) is -4.12. The van der Waals surface area contributed by atoms with Crippen molar-refractivity contribution in [1.29, 1.82) is 0 Å². The first-order chi connectivity index (χ1) is 8.62. The Morgan fingerprint density at radius 3 is 2.11 bits per heavy atom. The van der Waals surface area contributed by atoms with Gasteiger partial charge in [0.1, 0.15) is 0 Å². The third kappa shape index (κ3) is 16.5. The van der Waals surface area contributed by atoms with E-state index in [4.69, 9.17) is 9.26 Å². The van der Waals surface area contributed by atoms with Crippen molar-refractivity contribution in [2.24, 2.45) is 0 Å². The molecule has 0 N–H and O–H groups in total. The van der Waals surface area contributed by atoms with Crippen molar-refractivity contribution in [3.63, 3.8) is 0 Å². The van der Waals surface area contributed by atoms with Gasteiger partial charge in [-0.2, -0.15) is 0 Å². The molecule has 7 heteroatoms. The fourth-order valence-corrected chi connectivity index (χ4v) is 2.17. The van der Waals surface area contributed by atoms with Crippen LogP contribution in [0.1, 0.15) is 52.4 Å². The molecule has 0 aliphatic carbocycles. The first-order valence-electron chi connectivity index (χ1n) is 6.80. The van der Waals surface area contributed by atoms with Crippen molar-refractivity contribution in [2.75, 3.05) is 26.4 Å². The van der Waals surface area contributed by atoms with Gasteiger partial charge in [-0.25, -0.2) is 0 Å². The molecule has 0 aromatic heterocycles. The van der Waals surface area contributed by atoms with Crippen LogP contribution in [-0.2, 0) is 18.3 Å². The Labute approximate surface area is 127 Å². The van der Waals surface area contributed by atoms with Crippen LogP contribution in [0.4, 0.5) is 0 Å². The Hall–Kier alpha value is 0.602. The minimum atomic E-state index is -4.12. The number of hydrogen-bond donors (Lipinski definition) is 0. The van der Waals surface area contributed by atoms with Crippen LogP contribution in [0.2, 0.25) is 0 Å². The van der Waals surface area contributed by atoms with Gasteiger partial charge in [0.25, 0.3) is 7.82 Å². The summed E-state index contributed by atoms with van der Waals surface area (Å²) in [5, 5.41) is 0. The van der Waals surface area contributed by atoms with Gasteiger partial charge in [-0.15, -0.1) is 0 Å². The monoisotopic (exact) mass is 308 g/mol. The molecule has 0 radical (unpaired) electrons. The number of phosphoric acid groups is 1. The van der Waals surface area contributed by atoms with Gasteiger partial charge in [-0.1, -0.05) is 39.0 Å². The standard InChI is InChI=1S/C12H27O5P.Al/c1-3-5-6-7-8-9-10-16-18(13,14)17-12-11-15-4-2;/h3-12H2,1-2H3,(H,13,14);/q;+3/p-1. The average Bonchev–Trinajstić information content (AvgIpc) is 2.34. The summed E-state index contributed by atoms with van der Waals surface area (Å²) in [6, 6.07) is 0. The van der Waals surface area contributed by atoms with Crippen LogP contribution in [-0.4, -0.2) is 43.8 Å². The molecular weight excluding hydrogens is 282 g/mol. The molecule has 0 fully saturated rings. The van der Waals surface area contributed by atoms with Crippen LogP contribution in [0.15, 0.2) is 0 Å². The predicted octanol–water partition coefficient (Wildman–Crippen LogP) is 2.50. The maximum Gasteiger partial charge on any atom is 3.00 e. The van der Waals surface area contributed by atoms with Gasteiger partial charge in [0.05, 0.1) is 19.8 Å². The van der Waals surface area contributed by atoms with E-state index in [0.29, 0.717) is 6.61 Å². The smallest absolute Gasteiger partial charge is 0.756 e. The first-order valence-corrected chi connectivity index (χ1v) is 8.26. The second-order valence-corrected chi connectivity index (χ2v) is 5.49. The fourth-order valence-electron chi connectivity index (χ4n) is 1.45. The van der Waals surface area contributed by atoms with E-state index in [1.807, 2.05) is 6.92 Å². The summed E-state index contributed by atoms with van der Waals surface area (Å²) in [5.74, 6) is 0.